The first-order valence-electron chi connectivity index (χ1n) is 14.6. The summed E-state index contributed by atoms with van der Waals surface area (Å²) in [5.74, 6) is 0.513. The van der Waals surface area contributed by atoms with Crippen LogP contribution in [0.4, 0.5) is 19.0 Å². The Hall–Kier alpha value is -4.32. The van der Waals surface area contributed by atoms with E-state index in [9.17, 15) is 27.6 Å². The van der Waals surface area contributed by atoms with Gasteiger partial charge in [0.2, 0.25) is 0 Å². The number of aromatic nitrogens is 2. The average molecular weight is 608 g/mol. The number of fused-ring (bicyclic) bond motifs is 1. The van der Waals surface area contributed by atoms with Gasteiger partial charge in [-0.1, -0.05) is 30.3 Å². The Labute approximate surface area is 252 Å². The number of carbonyl (C=O) groups excluding carboxylic acids is 3. The molecule has 0 bridgehead atoms. The van der Waals surface area contributed by atoms with Gasteiger partial charge in [0.15, 0.2) is 5.78 Å². The van der Waals surface area contributed by atoms with Crippen molar-refractivity contribution < 1.29 is 32.3 Å². The van der Waals surface area contributed by atoms with Crippen molar-refractivity contribution in [1.29, 1.82) is 0 Å². The van der Waals surface area contributed by atoms with Crippen LogP contribution in [-0.4, -0.2) is 69.5 Å². The number of hydrogen-bond donors (Lipinski definition) is 0. The number of piperazine rings is 1. The van der Waals surface area contributed by atoms with Crippen LogP contribution in [0, 0.1) is 6.92 Å². The zero-order valence-electron chi connectivity index (χ0n) is 24.3. The lowest BCUT2D eigenvalue weighted by molar-refractivity contribution is -0.141. The SMILES string of the molecule is Cc1nc(N2CCN(Cc3ccc(COc4cccc5c4CN(C4CCC(=O)CC4=O)C5=O)cc3)CC2)cc(C(F)(F)F)n1. The first-order valence-corrected chi connectivity index (χ1v) is 14.6. The molecule has 1 unspecified atom stereocenters. The molecule has 1 aromatic heterocycles. The molecule has 1 saturated carbocycles. The number of alkyl halides is 3. The number of anilines is 1. The van der Waals surface area contributed by atoms with E-state index in [1.807, 2.05) is 35.2 Å². The number of hydrogen-bond acceptors (Lipinski definition) is 8. The molecule has 44 heavy (non-hydrogen) atoms. The van der Waals surface area contributed by atoms with Gasteiger partial charge < -0.3 is 14.5 Å². The zero-order valence-corrected chi connectivity index (χ0v) is 24.3. The second-order valence-corrected chi connectivity index (χ2v) is 11.5. The third kappa shape index (κ3) is 6.30. The zero-order chi connectivity index (χ0) is 31.0. The second-order valence-electron chi connectivity index (χ2n) is 11.5. The molecule has 1 amide bonds. The average Bonchev–Trinajstić information content (AvgIpc) is 3.33. The van der Waals surface area contributed by atoms with Gasteiger partial charge in [0.25, 0.3) is 5.91 Å². The Bertz CT molecular complexity index is 1590. The molecular weight excluding hydrogens is 575 g/mol. The Morgan fingerprint density at radius 2 is 1.68 bits per heavy atom. The van der Waals surface area contributed by atoms with Crippen molar-refractivity contribution in [3.05, 3.63) is 82.3 Å². The van der Waals surface area contributed by atoms with Gasteiger partial charge in [-0.15, -0.1) is 0 Å². The maximum absolute atomic E-state index is 13.2. The molecule has 3 heterocycles. The van der Waals surface area contributed by atoms with Crippen LogP contribution < -0.4 is 9.64 Å². The minimum atomic E-state index is -4.51. The molecule has 9 nitrogen and oxygen atoms in total. The standard InChI is InChI=1S/C32H32F3N5O4/c1-20-36-29(32(33,34)35)16-30(37-20)39-13-11-38(12-14-39)17-21-5-7-22(8-6-21)19-44-28-4-2-3-24-25(28)18-40(31(24)43)26-10-9-23(41)15-27(26)42/h2-8,16,26H,9-15,17-19H2,1H3. The number of ether oxygens (including phenoxy) is 1. The second kappa shape index (κ2) is 12.0. The minimum Gasteiger partial charge on any atom is -0.489 e. The lowest BCUT2D eigenvalue weighted by Gasteiger charge is -2.35. The molecule has 0 radical (unpaired) electrons. The van der Waals surface area contributed by atoms with Crippen molar-refractivity contribution in [1.82, 2.24) is 19.8 Å². The predicted octanol–water partition coefficient (Wildman–Crippen LogP) is 4.35. The van der Waals surface area contributed by atoms with Gasteiger partial charge in [-0.2, -0.15) is 13.2 Å². The fraction of sp³-hybridized carbons (Fsp3) is 0.406. The Morgan fingerprint density at radius 1 is 0.955 bits per heavy atom. The van der Waals surface area contributed by atoms with Gasteiger partial charge in [0, 0.05) is 56.3 Å². The fourth-order valence-electron chi connectivity index (χ4n) is 6.06. The number of amides is 1. The number of aryl methyl sites for hydroxylation is 1. The largest absolute Gasteiger partial charge is 0.489 e. The van der Waals surface area contributed by atoms with E-state index in [-0.39, 0.29) is 36.3 Å². The lowest BCUT2D eigenvalue weighted by Crippen LogP contribution is -2.46. The molecule has 3 aromatic rings. The lowest BCUT2D eigenvalue weighted by atomic mass is 9.92. The van der Waals surface area contributed by atoms with Crippen LogP contribution in [0.5, 0.6) is 5.75 Å². The number of ketones is 2. The summed E-state index contributed by atoms with van der Waals surface area (Å²) in [6.45, 7) is 5.26. The first kappa shape index (κ1) is 29.7. The molecule has 2 aliphatic heterocycles. The molecule has 12 heteroatoms. The van der Waals surface area contributed by atoms with Crippen molar-refractivity contribution in [3.8, 4) is 5.75 Å². The molecule has 1 atom stereocenters. The van der Waals surface area contributed by atoms with E-state index < -0.39 is 17.9 Å². The van der Waals surface area contributed by atoms with Crippen molar-refractivity contribution in [2.75, 3.05) is 31.1 Å². The summed E-state index contributed by atoms with van der Waals surface area (Å²) in [4.78, 5) is 50.6. The molecule has 230 valence electrons. The topological polar surface area (TPSA) is 95.9 Å². The van der Waals surface area contributed by atoms with E-state index in [2.05, 4.69) is 14.9 Å². The van der Waals surface area contributed by atoms with Crippen molar-refractivity contribution in [3.63, 3.8) is 0 Å². The van der Waals surface area contributed by atoms with Gasteiger partial charge in [-0.3, -0.25) is 19.3 Å². The highest BCUT2D eigenvalue weighted by molar-refractivity contribution is 6.07. The van der Waals surface area contributed by atoms with Crippen LogP contribution in [0.15, 0.2) is 48.5 Å². The summed E-state index contributed by atoms with van der Waals surface area (Å²) < 4.78 is 45.7. The van der Waals surface area contributed by atoms with Crippen LogP contribution in [-0.2, 0) is 35.5 Å². The summed E-state index contributed by atoms with van der Waals surface area (Å²) in [5, 5.41) is 0. The summed E-state index contributed by atoms with van der Waals surface area (Å²) in [5.41, 5.74) is 2.42. The first-order chi connectivity index (χ1) is 21.0. The number of rotatable bonds is 7. The molecule has 3 aliphatic rings. The Balaban J connectivity index is 1.02. The molecule has 0 spiro atoms. The van der Waals surface area contributed by atoms with Crippen LogP contribution in [0.1, 0.15) is 57.8 Å². The van der Waals surface area contributed by atoms with E-state index in [0.29, 0.717) is 69.3 Å². The van der Waals surface area contributed by atoms with Gasteiger partial charge >= 0.3 is 6.18 Å². The van der Waals surface area contributed by atoms with Crippen LogP contribution in [0.2, 0.25) is 0 Å². The Kier molecular flexibility index (Phi) is 8.10. The fourth-order valence-corrected chi connectivity index (χ4v) is 6.06. The number of halogens is 3. The highest BCUT2D eigenvalue weighted by Gasteiger charge is 2.40. The molecule has 6 rings (SSSR count). The normalized spacial score (nSPS) is 19.5. The van der Waals surface area contributed by atoms with Gasteiger partial charge in [-0.25, -0.2) is 9.97 Å². The van der Waals surface area contributed by atoms with E-state index in [1.54, 1.807) is 17.0 Å². The highest BCUT2D eigenvalue weighted by Crippen LogP contribution is 2.35. The quantitative estimate of drug-likeness (QED) is 0.366. The summed E-state index contributed by atoms with van der Waals surface area (Å²) in [6.07, 6.45) is -3.96. The maximum Gasteiger partial charge on any atom is 0.433 e. The number of nitrogens with zero attached hydrogens (tertiary/aromatic N) is 5. The van der Waals surface area contributed by atoms with Gasteiger partial charge in [0.05, 0.1) is 19.0 Å². The summed E-state index contributed by atoms with van der Waals surface area (Å²) in [7, 11) is 0. The third-order valence-electron chi connectivity index (χ3n) is 8.40. The molecule has 0 N–H and O–H groups in total. The highest BCUT2D eigenvalue weighted by atomic mass is 19.4. The molecule has 2 fully saturated rings. The molecular formula is C32H32F3N5O4. The molecule has 1 saturated heterocycles. The van der Waals surface area contributed by atoms with Crippen molar-refractivity contribution in [2.45, 2.75) is 58.1 Å². The van der Waals surface area contributed by atoms with E-state index >= 15 is 0 Å². The van der Waals surface area contributed by atoms with Crippen LogP contribution >= 0.6 is 0 Å². The predicted molar refractivity (Wildman–Crippen MR) is 154 cm³/mol. The number of Topliss-reactive ketones (excluding diaryl/α,β-unsaturated/α-hetero) is 2. The van der Waals surface area contributed by atoms with E-state index in [4.69, 9.17) is 4.74 Å². The Morgan fingerprint density at radius 3 is 2.39 bits per heavy atom. The van der Waals surface area contributed by atoms with Crippen LogP contribution in [0.3, 0.4) is 0 Å². The molecule has 2 aromatic carbocycles. The molecule has 1 aliphatic carbocycles. The van der Waals surface area contributed by atoms with Crippen molar-refractivity contribution >= 4 is 23.3 Å². The number of carbonyl (C=O) groups is 3. The van der Waals surface area contributed by atoms with E-state index in [1.165, 1.54) is 6.92 Å². The van der Waals surface area contributed by atoms with Gasteiger partial charge in [-0.05, 0) is 36.6 Å². The maximum atomic E-state index is 13.2. The number of benzene rings is 2. The van der Waals surface area contributed by atoms with Gasteiger partial charge in [0.1, 0.15) is 35.5 Å². The third-order valence-corrected chi connectivity index (χ3v) is 8.40. The minimum absolute atomic E-state index is 0.0763. The van der Waals surface area contributed by atoms with Crippen LogP contribution in [0.25, 0.3) is 0 Å². The summed E-state index contributed by atoms with van der Waals surface area (Å²) in [6, 6.07) is 13.8. The van der Waals surface area contributed by atoms with Crippen molar-refractivity contribution in [2.24, 2.45) is 0 Å². The monoisotopic (exact) mass is 607 g/mol. The van der Waals surface area contributed by atoms with E-state index in [0.717, 1.165) is 22.8 Å². The smallest absolute Gasteiger partial charge is 0.433 e. The summed E-state index contributed by atoms with van der Waals surface area (Å²) >= 11 is 0.